The van der Waals surface area contributed by atoms with Gasteiger partial charge in [0.25, 0.3) is 5.91 Å². The molecule has 0 bridgehead atoms. The van der Waals surface area contributed by atoms with Crippen molar-refractivity contribution in [3.8, 4) is 5.75 Å². The van der Waals surface area contributed by atoms with E-state index in [1.54, 1.807) is 61.8 Å². The molecule has 0 saturated carbocycles. The highest BCUT2D eigenvalue weighted by Gasteiger charge is 2.46. The van der Waals surface area contributed by atoms with Crippen LogP contribution in [-0.4, -0.2) is 54.2 Å². The molecule has 2 heterocycles. The van der Waals surface area contributed by atoms with Gasteiger partial charge in [0.1, 0.15) is 6.04 Å². The highest BCUT2D eigenvalue weighted by Crippen LogP contribution is 2.43. The predicted molar refractivity (Wildman–Crippen MR) is 163 cm³/mol. The van der Waals surface area contributed by atoms with E-state index in [1.807, 2.05) is 0 Å². The maximum atomic E-state index is 14.7. The highest BCUT2D eigenvalue weighted by atomic mass is 32.2. The number of aliphatic carboxylic acids is 1. The normalized spacial score (nSPS) is 17.4. The SMILES string of the molecule is CCOc1cc([C@@H](C(=O)N2CCC(C(=O)O)C2c2ccccc2S(=O)(=O)CC)N(N)c2ccc3cnccc3c2)ccc1F. The molecule has 1 amide bonds. The van der Waals surface area contributed by atoms with Crippen molar-refractivity contribution in [1.29, 1.82) is 0 Å². The van der Waals surface area contributed by atoms with Crippen LogP contribution in [0.4, 0.5) is 10.1 Å². The minimum Gasteiger partial charge on any atom is -0.491 e. The minimum atomic E-state index is -3.76. The molecule has 4 aromatic rings. The van der Waals surface area contributed by atoms with Gasteiger partial charge in [0.05, 0.1) is 34.9 Å². The fraction of sp³-hybridized carbons (Fsp3) is 0.281. The number of pyridine rings is 1. The quantitative estimate of drug-likeness (QED) is 0.191. The molecule has 3 N–H and O–H groups in total. The number of amides is 1. The van der Waals surface area contributed by atoms with Gasteiger partial charge < -0.3 is 14.7 Å². The van der Waals surface area contributed by atoms with Gasteiger partial charge >= 0.3 is 5.97 Å². The lowest BCUT2D eigenvalue weighted by Gasteiger charge is -2.36. The molecule has 1 aliphatic heterocycles. The predicted octanol–water partition coefficient (Wildman–Crippen LogP) is 4.66. The maximum Gasteiger partial charge on any atom is 0.309 e. The first kappa shape index (κ1) is 30.9. The Kier molecular flexibility index (Phi) is 8.84. The third kappa shape index (κ3) is 5.82. The monoisotopic (exact) mass is 620 g/mol. The summed E-state index contributed by atoms with van der Waals surface area (Å²) in [5.41, 5.74) is 0.996. The van der Waals surface area contributed by atoms with Gasteiger partial charge in [-0.3, -0.25) is 19.6 Å². The fourth-order valence-electron chi connectivity index (χ4n) is 5.76. The first-order valence-electron chi connectivity index (χ1n) is 14.2. The molecule has 12 heteroatoms. The second-order valence-electron chi connectivity index (χ2n) is 10.5. The molecule has 1 saturated heterocycles. The van der Waals surface area contributed by atoms with E-state index in [9.17, 15) is 27.5 Å². The average molecular weight is 621 g/mol. The smallest absolute Gasteiger partial charge is 0.309 e. The van der Waals surface area contributed by atoms with E-state index in [-0.39, 0.29) is 41.5 Å². The van der Waals surface area contributed by atoms with Crippen molar-refractivity contribution in [3.63, 3.8) is 0 Å². The molecule has 1 fully saturated rings. The number of carboxylic acids is 1. The van der Waals surface area contributed by atoms with E-state index in [1.165, 1.54) is 41.1 Å². The summed E-state index contributed by atoms with van der Waals surface area (Å²) >= 11 is 0. The standard InChI is InChI=1S/C32H33FN4O6S/c1-3-43-27-18-21(10-12-26(27)33)29(37(34)23-11-9-22-19-35-15-13-20(22)17-23)31(38)36-16-14-25(32(39)40)30(36)24-7-5-6-8-28(24)44(41,42)4-2/h5-13,15,17-19,25,29-30H,3-4,14,16,34H2,1-2H3,(H,39,40)/t25?,29-,30?/m0/s1. The number of rotatable bonds is 10. The third-order valence-corrected chi connectivity index (χ3v) is 9.76. The van der Waals surface area contributed by atoms with Crippen LogP contribution in [0.2, 0.25) is 0 Å². The van der Waals surface area contributed by atoms with E-state index in [2.05, 4.69) is 4.98 Å². The van der Waals surface area contributed by atoms with Crippen molar-refractivity contribution in [3.05, 3.63) is 96.1 Å². The van der Waals surface area contributed by atoms with Gasteiger partial charge in [-0.15, -0.1) is 0 Å². The Hall–Kier alpha value is -4.55. The number of hydrogen-bond acceptors (Lipinski definition) is 8. The van der Waals surface area contributed by atoms with Gasteiger partial charge in [0, 0.05) is 24.3 Å². The summed E-state index contributed by atoms with van der Waals surface area (Å²) in [6.45, 7) is 3.43. The lowest BCUT2D eigenvalue weighted by atomic mass is 9.93. The number of sulfone groups is 1. The largest absolute Gasteiger partial charge is 0.491 e. The summed E-state index contributed by atoms with van der Waals surface area (Å²) < 4.78 is 46.3. The zero-order chi connectivity index (χ0) is 31.6. The van der Waals surface area contributed by atoms with Crippen molar-refractivity contribution in [2.24, 2.45) is 11.8 Å². The molecular weight excluding hydrogens is 587 g/mol. The number of ether oxygens (including phenoxy) is 1. The number of halogens is 1. The molecule has 10 nitrogen and oxygen atoms in total. The van der Waals surface area contributed by atoms with E-state index >= 15 is 0 Å². The van der Waals surface area contributed by atoms with E-state index in [0.717, 1.165) is 10.8 Å². The molecule has 230 valence electrons. The summed E-state index contributed by atoms with van der Waals surface area (Å²) in [5.74, 6) is 3.03. The number of carboxylic acid groups (broad SMARTS) is 1. The molecule has 2 unspecified atom stereocenters. The molecular formula is C32H33FN4O6S. The molecule has 0 aliphatic carbocycles. The van der Waals surface area contributed by atoms with Gasteiger partial charge in [-0.05, 0) is 66.3 Å². The van der Waals surface area contributed by atoms with Crippen molar-refractivity contribution in [2.45, 2.75) is 37.2 Å². The van der Waals surface area contributed by atoms with Crippen molar-refractivity contribution in [1.82, 2.24) is 9.88 Å². The van der Waals surface area contributed by atoms with Crippen LogP contribution in [0, 0.1) is 11.7 Å². The number of anilines is 1. The summed E-state index contributed by atoms with van der Waals surface area (Å²) in [5, 5.41) is 13.1. The summed E-state index contributed by atoms with van der Waals surface area (Å²) in [7, 11) is -3.76. The van der Waals surface area contributed by atoms with Gasteiger partial charge in [-0.25, -0.2) is 18.7 Å². The Morgan fingerprint density at radius 1 is 1.11 bits per heavy atom. The number of nitrogens with zero attached hydrogens (tertiary/aromatic N) is 3. The van der Waals surface area contributed by atoms with Crippen molar-refractivity contribution in [2.75, 3.05) is 23.9 Å². The number of fused-ring (bicyclic) bond motifs is 1. The van der Waals surface area contributed by atoms with Crippen LogP contribution < -0.4 is 15.6 Å². The van der Waals surface area contributed by atoms with Crippen LogP contribution in [0.1, 0.15) is 43.5 Å². The van der Waals surface area contributed by atoms with E-state index in [4.69, 9.17) is 10.6 Å². The van der Waals surface area contributed by atoms with E-state index < -0.39 is 45.5 Å². The van der Waals surface area contributed by atoms with Gasteiger partial charge in [-0.2, -0.15) is 0 Å². The number of carbonyl (C=O) groups is 2. The Balaban J connectivity index is 1.66. The average Bonchev–Trinajstić information content (AvgIpc) is 3.48. The molecule has 0 spiro atoms. The number of hydrogen-bond donors (Lipinski definition) is 2. The van der Waals surface area contributed by atoms with Crippen molar-refractivity contribution >= 4 is 38.2 Å². The maximum absolute atomic E-state index is 14.7. The van der Waals surface area contributed by atoms with Gasteiger partial charge in [-0.1, -0.05) is 37.3 Å². The number of nitrogens with two attached hydrogens (primary N) is 1. The van der Waals surface area contributed by atoms with Crippen LogP contribution in [0.25, 0.3) is 10.8 Å². The summed E-state index contributed by atoms with van der Waals surface area (Å²) in [4.78, 5) is 32.6. The second-order valence-corrected chi connectivity index (χ2v) is 12.7. The first-order chi connectivity index (χ1) is 21.1. The molecule has 44 heavy (non-hydrogen) atoms. The van der Waals surface area contributed by atoms with E-state index in [0.29, 0.717) is 11.3 Å². The van der Waals surface area contributed by atoms with Crippen LogP contribution in [-0.2, 0) is 19.4 Å². The highest BCUT2D eigenvalue weighted by molar-refractivity contribution is 7.91. The first-order valence-corrected chi connectivity index (χ1v) is 15.9. The third-order valence-electron chi connectivity index (χ3n) is 7.96. The minimum absolute atomic E-state index is 0.0249. The molecule has 3 atom stereocenters. The Morgan fingerprint density at radius 3 is 2.61 bits per heavy atom. The van der Waals surface area contributed by atoms with Crippen LogP contribution >= 0.6 is 0 Å². The Bertz CT molecular complexity index is 1820. The fourth-order valence-corrected chi connectivity index (χ4v) is 6.91. The van der Waals surface area contributed by atoms with Crippen LogP contribution in [0.3, 0.4) is 0 Å². The lowest BCUT2D eigenvalue weighted by molar-refractivity contribution is -0.143. The number of carbonyl (C=O) groups excluding carboxylic acids is 1. The summed E-state index contributed by atoms with van der Waals surface area (Å²) in [6.07, 6.45) is 3.42. The molecule has 1 aromatic heterocycles. The lowest BCUT2D eigenvalue weighted by Crippen LogP contribution is -2.47. The van der Waals surface area contributed by atoms with Crippen LogP contribution in [0.5, 0.6) is 5.75 Å². The molecule has 1 aliphatic rings. The number of aromatic nitrogens is 1. The second kappa shape index (κ2) is 12.6. The number of likely N-dealkylation sites (tertiary alicyclic amines) is 1. The van der Waals surface area contributed by atoms with Crippen molar-refractivity contribution < 1.29 is 32.2 Å². The number of benzene rings is 3. The topological polar surface area (TPSA) is 143 Å². The summed E-state index contributed by atoms with van der Waals surface area (Å²) in [6, 6.07) is 15.0. The zero-order valence-corrected chi connectivity index (χ0v) is 25.1. The zero-order valence-electron chi connectivity index (χ0n) is 24.3. The molecule has 3 aromatic carbocycles. The Morgan fingerprint density at radius 2 is 1.89 bits per heavy atom. The Labute approximate surface area is 254 Å². The van der Waals surface area contributed by atoms with Gasteiger partial charge in [0.15, 0.2) is 21.4 Å². The molecule has 5 rings (SSSR count). The van der Waals surface area contributed by atoms with Gasteiger partial charge in [0.2, 0.25) is 0 Å². The number of hydrazine groups is 1. The van der Waals surface area contributed by atoms with Crippen LogP contribution in [0.15, 0.2) is 84.0 Å². The molecule has 0 radical (unpaired) electrons.